The van der Waals surface area contributed by atoms with Gasteiger partial charge < -0.3 is 20.4 Å². The van der Waals surface area contributed by atoms with Gasteiger partial charge in [-0.2, -0.15) is 13.2 Å². The van der Waals surface area contributed by atoms with Crippen molar-refractivity contribution in [3.63, 3.8) is 0 Å². The van der Waals surface area contributed by atoms with Crippen LogP contribution < -0.4 is 10.6 Å². The molecule has 150 valence electrons. The highest BCUT2D eigenvalue weighted by molar-refractivity contribution is 6.05. The first-order chi connectivity index (χ1) is 13.9. The molecule has 6 nitrogen and oxygen atoms in total. The molecular formula is C20H17F3N4O2. The lowest BCUT2D eigenvalue weighted by atomic mass is 10.0. The van der Waals surface area contributed by atoms with E-state index in [0.717, 1.165) is 35.1 Å². The van der Waals surface area contributed by atoms with Gasteiger partial charge >= 0.3 is 12.2 Å². The number of halogens is 3. The highest BCUT2D eigenvalue weighted by Crippen LogP contribution is 2.30. The van der Waals surface area contributed by atoms with E-state index in [1.807, 2.05) is 12.1 Å². The third kappa shape index (κ3) is 4.24. The first kappa shape index (κ1) is 19.0. The lowest BCUT2D eigenvalue weighted by Crippen LogP contribution is -2.19. The predicted octanol–water partition coefficient (Wildman–Crippen LogP) is 5.03. The Bertz CT molecular complexity index is 1070. The van der Waals surface area contributed by atoms with Gasteiger partial charge in [-0.1, -0.05) is 6.08 Å². The van der Waals surface area contributed by atoms with Gasteiger partial charge in [0.15, 0.2) is 0 Å². The molecule has 0 unspecified atom stereocenters. The molecule has 0 bridgehead atoms. The molecule has 1 aliphatic rings. The molecule has 1 aliphatic heterocycles. The van der Waals surface area contributed by atoms with Gasteiger partial charge in [0.1, 0.15) is 5.65 Å². The molecule has 0 fully saturated rings. The van der Waals surface area contributed by atoms with Gasteiger partial charge in [-0.05, 0) is 47.9 Å². The average molecular weight is 402 g/mol. The molecule has 3 heterocycles. The molecule has 0 saturated heterocycles. The highest BCUT2D eigenvalue weighted by Gasteiger charge is 2.30. The van der Waals surface area contributed by atoms with Crippen molar-refractivity contribution in [1.82, 2.24) is 9.97 Å². The fourth-order valence-corrected chi connectivity index (χ4v) is 3.10. The summed E-state index contributed by atoms with van der Waals surface area (Å²) in [5.41, 5.74) is 2.69. The number of hydrogen-bond donors (Lipinski definition) is 3. The normalized spacial score (nSPS) is 14.5. The molecule has 0 atom stereocenters. The van der Waals surface area contributed by atoms with Gasteiger partial charge in [0.2, 0.25) is 0 Å². The number of carbonyl (C=O) groups excluding carboxylic acids is 1. The average Bonchev–Trinajstić information content (AvgIpc) is 3.10. The van der Waals surface area contributed by atoms with Gasteiger partial charge in [-0.15, -0.1) is 0 Å². The Morgan fingerprint density at radius 3 is 2.66 bits per heavy atom. The Hall–Kier alpha value is -3.33. The van der Waals surface area contributed by atoms with Crippen molar-refractivity contribution in [2.75, 3.05) is 23.8 Å². The Morgan fingerprint density at radius 1 is 1.17 bits per heavy atom. The van der Waals surface area contributed by atoms with E-state index in [4.69, 9.17) is 4.74 Å². The molecule has 1 aromatic carbocycles. The van der Waals surface area contributed by atoms with Crippen molar-refractivity contribution in [3.8, 4) is 0 Å². The fourth-order valence-electron chi connectivity index (χ4n) is 3.10. The smallest absolute Gasteiger partial charge is 0.377 e. The quantitative estimate of drug-likeness (QED) is 0.575. The monoisotopic (exact) mass is 402 g/mol. The zero-order valence-corrected chi connectivity index (χ0v) is 15.1. The summed E-state index contributed by atoms with van der Waals surface area (Å²) in [5.74, 6) is 0. The Labute approximate surface area is 163 Å². The molecule has 0 aliphatic carbocycles. The number of urea groups is 1. The number of fused-ring (bicyclic) bond motifs is 1. The van der Waals surface area contributed by atoms with Gasteiger partial charge in [0.25, 0.3) is 0 Å². The zero-order valence-electron chi connectivity index (χ0n) is 15.1. The van der Waals surface area contributed by atoms with Crippen molar-refractivity contribution in [2.24, 2.45) is 0 Å². The molecule has 29 heavy (non-hydrogen) atoms. The van der Waals surface area contributed by atoms with Gasteiger partial charge in [0.05, 0.1) is 24.5 Å². The van der Waals surface area contributed by atoms with E-state index in [2.05, 4.69) is 20.6 Å². The van der Waals surface area contributed by atoms with E-state index in [9.17, 15) is 18.0 Å². The van der Waals surface area contributed by atoms with Crippen LogP contribution in [0.4, 0.5) is 29.3 Å². The topological polar surface area (TPSA) is 79.0 Å². The van der Waals surface area contributed by atoms with E-state index < -0.39 is 17.8 Å². The van der Waals surface area contributed by atoms with Crippen molar-refractivity contribution >= 4 is 34.0 Å². The highest BCUT2D eigenvalue weighted by atomic mass is 19.4. The summed E-state index contributed by atoms with van der Waals surface area (Å²) in [7, 11) is 0. The number of pyridine rings is 1. The van der Waals surface area contributed by atoms with Crippen LogP contribution in [0, 0.1) is 0 Å². The largest absolute Gasteiger partial charge is 0.416 e. The minimum atomic E-state index is -4.42. The van der Waals surface area contributed by atoms with Crippen molar-refractivity contribution in [3.05, 3.63) is 59.9 Å². The molecule has 3 N–H and O–H groups in total. The summed E-state index contributed by atoms with van der Waals surface area (Å²) in [4.78, 5) is 19.7. The third-order valence-corrected chi connectivity index (χ3v) is 4.58. The van der Waals surface area contributed by atoms with Gasteiger partial charge in [-0.3, -0.25) is 0 Å². The molecule has 9 heteroatoms. The molecule has 3 aromatic rings. The maximum Gasteiger partial charge on any atom is 0.416 e. The van der Waals surface area contributed by atoms with Crippen LogP contribution >= 0.6 is 0 Å². The van der Waals surface area contributed by atoms with Crippen LogP contribution in [-0.4, -0.2) is 29.2 Å². The van der Waals surface area contributed by atoms with Crippen molar-refractivity contribution in [2.45, 2.75) is 12.6 Å². The first-order valence-electron chi connectivity index (χ1n) is 8.90. The minimum Gasteiger partial charge on any atom is -0.377 e. The van der Waals surface area contributed by atoms with E-state index in [-0.39, 0.29) is 5.69 Å². The number of anilines is 2. The van der Waals surface area contributed by atoms with E-state index >= 15 is 0 Å². The maximum absolute atomic E-state index is 12.6. The minimum absolute atomic E-state index is 0.251. The van der Waals surface area contributed by atoms with Crippen LogP contribution in [0.3, 0.4) is 0 Å². The van der Waals surface area contributed by atoms with E-state index in [1.165, 1.54) is 12.1 Å². The summed E-state index contributed by atoms with van der Waals surface area (Å²) in [6.45, 7) is 1.21. The van der Waals surface area contributed by atoms with Crippen LogP contribution in [0.2, 0.25) is 0 Å². The molecule has 4 rings (SSSR count). The molecular weight excluding hydrogens is 385 g/mol. The first-order valence-corrected chi connectivity index (χ1v) is 8.90. The van der Waals surface area contributed by atoms with E-state index in [1.54, 1.807) is 12.4 Å². The second-order valence-electron chi connectivity index (χ2n) is 6.53. The summed E-state index contributed by atoms with van der Waals surface area (Å²) in [6, 6.07) is 5.60. The van der Waals surface area contributed by atoms with Crippen LogP contribution in [-0.2, 0) is 10.9 Å². The van der Waals surface area contributed by atoms with Gasteiger partial charge in [0, 0.05) is 23.5 Å². The molecule has 2 amide bonds. The fraction of sp³-hybridized carbons (Fsp3) is 0.200. The lowest BCUT2D eigenvalue weighted by molar-refractivity contribution is -0.137. The summed E-state index contributed by atoms with van der Waals surface area (Å²) in [6.07, 6.45) is 1.75. The van der Waals surface area contributed by atoms with Crippen molar-refractivity contribution in [1.29, 1.82) is 0 Å². The number of benzene rings is 1. The number of hydrogen-bond acceptors (Lipinski definition) is 3. The lowest BCUT2D eigenvalue weighted by Gasteiger charge is -2.13. The second-order valence-corrected chi connectivity index (χ2v) is 6.53. The number of alkyl halides is 3. The number of H-pyrrole nitrogens is 1. The van der Waals surface area contributed by atoms with Gasteiger partial charge in [-0.25, -0.2) is 9.78 Å². The van der Waals surface area contributed by atoms with Crippen LogP contribution in [0.25, 0.3) is 16.6 Å². The molecule has 2 aromatic heterocycles. The maximum atomic E-state index is 12.6. The number of amides is 2. The second kappa shape index (κ2) is 7.59. The van der Waals surface area contributed by atoms with Crippen molar-refractivity contribution < 1.29 is 22.7 Å². The zero-order chi connectivity index (χ0) is 20.4. The number of aromatic nitrogens is 2. The number of rotatable bonds is 3. The predicted molar refractivity (Wildman–Crippen MR) is 104 cm³/mol. The molecule has 0 radical (unpaired) electrons. The van der Waals surface area contributed by atoms with Crippen LogP contribution in [0.1, 0.15) is 17.5 Å². The molecule has 0 saturated carbocycles. The standard InChI is InChI=1S/C20H17F3N4O2/c21-20(22,23)14-1-3-15(4-2-14)26-19(28)27-17-11-25-18-16(17)9-13(10-24-18)12-5-7-29-8-6-12/h1-5,9-11H,6-8H2,(H,24,25)(H2,26,27,28). The summed E-state index contributed by atoms with van der Waals surface area (Å²) in [5, 5.41) is 5.96. The third-order valence-electron chi connectivity index (χ3n) is 4.58. The van der Waals surface area contributed by atoms with E-state index in [0.29, 0.717) is 24.5 Å². The number of aromatic amines is 1. The van der Waals surface area contributed by atoms with Crippen LogP contribution in [0.5, 0.6) is 0 Å². The number of nitrogens with zero attached hydrogens (tertiary/aromatic N) is 1. The number of nitrogens with one attached hydrogen (secondary N) is 3. The summed E-state index contributed by atoms with van der Waals surface area (Å²) < 4.78 is 43.2. The summed E-state index contributed by atoms with van der Waals surface area (Å²) >= 11 is 0. The Morgan fingerprint density at radius 2 is 1.97 bits per heavy atom. The number of carbonyl (C=O) groups is 1. The SMILES string of the molecule is O=C(Nc1ccc(C(F)(F)F)cc1)Nc1c[nH]c2ncc(C3=CCOCC3)cc12. The molecule has 0 spiro atoms. The Balaban J connectivity index is 1.50. The number of ether oxygens (including phenoxy) is 1. The van der Waals surface area contributed by atoms with Crippen LogP contribution in [0.15, 0.2) is 48.8 Å². The Kier molecular flexibility index (Phi) is 4.98.